The van der Waals surface area contributed by atoms with Gasteiger partial charge in [0.25, 0.3) is 0 Å². The maximum absolute atomic E-state index is 7.51. The highest BCUT2D eigenvalue weighted by atomic mass is 31.1. The summed E-state index contributed by atoms with van der Waals surface area (Å²) in [6, 6.07) is 0. The third kappa shape index (κ3) is 1.88. The Kier molecular flexibility index (Phi) is 2.79. The zero-order valence-electron chi connectivity index (χ0n) is 2.02. The summed E-state index contributed by atoms with van der Waals surface area (Å²) in [5.41, 5.74) is 4.69. The van der Waals surface area contributed by atoms with Gasteiger partial charge in [0, 0.05) is 0 Å². The molecule has 0 amide bonds. The number of hydrogen-bond acceptors (Lipinski definition) is 2. The Hall–Kier alpha value is -0.120. The summed E-state index contributed by atoms with van der Waals surface area (Å²) < 4.78 is 0. The zero-order chi connectivity index (χ0) is 3.41. The van der Waals surface area contributed by atoms with E-state index in [0.717, 1.165) is 0 Å². The molecule has 22 valence electrons. The average Bonchev–Trinajstić information content (AvgIpc) is 1.37. The molecule has 0 aromatic rings. The third-order valence-electron chi connectivity index (χ3n) is 0.0645. The predicted octanol–water partition coefficient (Wildman–Crippen LogP) is 0.0197. The van der Waals surface area contributed by atoms with Crippen LogP contribution < -0.4 is 5.50 Å². The number of nitriles is 1. The van der Waals surface area contributed by atoms with Gasteiger partial charge in [0.15, 0.2) is 0 Å². The Morgan fingerprint density at radius 1 is 2.00 bits per heavy atom. The molecule has 0 bridgehead atoms. The van der Waals surface area contributed by atoms with E-state index in [1.54, 1.807) is 5.81 Å². The third-order valence-corrected chi connectivity index (χ3v) is 0.194. The van der Waals surface area contributed by atoms with Gasteiger partial charge < -0.3 is 5.50 Å². The topological polar surface area (TPSA) is 49.8 Å². The molecule has 0 saturated heterocycles. The Labute approximate surface area is 26.4 Å². The van der Waals surface area contributed by atoms with Crippen molar-refractivity contribution in [2.24, 2.45) is 5.50 Å². The van der Waals surface area contributed by atoms with Crippen LogP contribution in [0.1, 0.15) is 0 Å². The van der Waals surface area contributed by atoms with Crippen LogP contribution in [0.4, 0.5) is 0 Å². The molecule has 3 heteroatoms. The van der Waals surface area contributed by atoms with Crippen molar-refractivity contribution in [2.45, 2.75) is 0 Å². The van der Waals surface area contributed by atoms with E-state index in [2.05, 4.69) is 0 Å². The molecule has 2 N–H and O–H groups in total. The summed E-state index contributed by atoms with van der Waals surface area (Å²) in [7, 11) is -0.0540. The van der Waals surface area contributed by atoms with Gasteiger partial charge in [-0.2, -0.15) is 5.26 Å². The standard InChI is InChI=1S/CH3N2P/c2-1-4-3/h4H,3H2. The van der Waals surface area contributed by atoms with Crippen molar-refractivity contribution < 1.29 is 0 Å². The molecule has 0 saturated carbocycles. The molecule has 0 aromatic carbocycles. The van der Waals surface area contributed by atoms with Crippen molar-refractivity contribution in [1.82, 2.24) is 0 Å². The Morgan fingerprint density at radius 3 is 2.25 bits per heavy atom. The molecule has 4 heavy (non-hydrogen) atoms. The Balaban J connectivity index is 2.43. The molecule has 0 radical (unpaired) electrons. The van der Waals surface area contributed by atoms with Gasteiger partial charge in [0.05, 0.1) is 8.73 Å². The van der Waals surface area contributed by atoms with Crippen molar-refractivity contribution in [3.8, 4) is 5.81 Å². The second kappa shape index (κ2) is 2.88. The van der Waals surface area contributed by atoms with Crippen LogP contribution in [0.2, 0.25) is 0 Å². The maximum Gasteiger partial charge on any atom is 0.100 e. The first-order valence-corrected chi connectivity index (χ1v) is 1.84. The van der Waals surface area contributed by atoms with E-state index in [1.807, 2.05) is 0 Å². The van der Waals surface area contributed by atoms with E-state index >= 15 is 0 Å². The Morgan fingerprint density at radius 2 is 2.25 bits per heavy atom. The minimum Gasteiger partial charge on any atom is -0.300 e. The van der Waals surface area contributed by atoms with Crippen LogP contribution >= 0.6 is 8.73 Å². The summed E-state index contributed by atoms with van der Waals surface area (Å²) in [5.74, 6) is 1.74. The quantitative estimate of drug-likeness (QED) is 0.412. The predicted molar refractivity (Wildman–Crippen MR) is 18.1 cm³/mol. The van der Waals surface area contributed by atoms with Gasteiger partial charge in [-0.1, -0.05) is 0 Å². The van der Waals surface area contributed by atoms with E-state index < -0.39 is 0 Å². The molecular weight excluding hydrogens is 71.0 g/mol. The molecule has 0 aromatic heterocycles. The summed E-state index contributed by atoms with van der Waals surface area (Å²) in [5, 5.41) is 7.51. The highest BCUT2D eigenvalue weighted by Crippen LogP contribution is 1.82. The highest BCUT2D eigenvalue weighted by Gasteiger charge is 1.47. The first kappa shape index (κ1) is 3.88. The summed E-state index contributed by atoms with van der Waals surface area (Å²) in [6.07, 6.45) is 0. The van der Waals surface area contributed by atoms with Gasteiger partial charge >= 0.3 is 0 Å². The molecule has 0 aliphatic heterocycles. The molecular formula is CH3N2P. The number of nitrogens with two attached hydrogens (primary N) is 1. The minimum absolute atomic E-state index is 0.0540. The van der Waals surface area contributed by atoms with Gasteiger partial charge in [-0.25, -0.2) is 0 Å². The van der Waals surface area contributed by atoms with E-state index in [1.165, 1.54) is 0 Å². The molecule has 0 rings (SSSR count). The van der Waals surface area contributed by atoms with Crippen LogP contribution in [0, 0.1) is 11.1 Å². The highest BCUT2D eigenvalue weighted by molar-refractivity contribution is 7.40. The fraction of sp³-hybridized carbons (Fsp3) is 0. The molecule has 0 aliphatic rings. The molecule has 1 unspecified atom stereocenters. The normalized spacial score (nSPS) is 8.00. The lowest BCUT2D eigenvalue weighted by Gasteiger charge is -1.51. The monoisotopic (exact) mass is 74.0 g/mol. The maximum atomic E-state index is 7.51. The van der Waals surface area contributed by atoms with Crippen molar-refractivity contribution in [3.05, 3.63) is 0 Å². The van der Waals surface area contributed by atoms with Crippen molar-refractivity contribution >= 4 is 8.73 Å². The second-order valence-corrected chi connectivity index (χ2v) is 0.768. The SMILES string of the molecule is N#CPN. The van der Waals surface area contributed by atoms with Gasteiger partial charge in [0.1, 0.15) is 5.81 Å². The Bertz CT molecular complexity index is 35.8. The lowest BCUT2D eigenvalue weighted by Crippen LogP contribution is -1.59. The molecule has 0 spiro atoms. The summed E-state index contributed by atoms with van der Waals surface area (Å²) >= 11 is 0. The van der Waals surface area contributed by atoms with Crippen LogP contribution in [0.5, 0.6) is 0 Å². The first-order chi connectivity index (χ1) is 1.91. The lowest BCUT2D eigenvalue weighted by molar-refractivity contribution is 1.56. The first-order valence-electron chi connectivity index (χ1n) is 0.762. The number of rotatable bonds is 0. The van der Waals surface area contributed by atoms with Gasteiger partial charge in [-0.15, -0.1) is 0 Å². The van der Waals surface area contributed by atoms with Crippen LogP contribution in [0.25, 0.3) is 0 Å². The number of hydrogen-bond donors (Lipinski definition) is 1. The minimum atomic E-state index is -0.0540. The average molecular weight is 74.0 g/mol. The zero-order valence-corrected chi connectivity index (χ0v) is 3.02. The van der Waals surface area contributed by atoms with E-state index in [-0.39, 0.29) is 8.73 Å². The molecule has 1 atom stereocenters. The van der Waals surface area contributed by atoms with Gasteiger partial charge in [-0.3, -0.25) is 0 Å². The number of nitrogens with zero attached hydrogens (tertiary/aromatic N) is 1. The van der Waals surface area contributed by atoms with Crippen LogP contribution in [0.3, 0.4) is 0 Å². The van der Waals surface area contributed by atoms with Crippen LogP contribution in [-0.2, 0) is 0 Å². The van der Waals surface area contributed by atoms with Crippen molar-refractivity contribution in [1.29, 1.82) is 5.26 Å². The van der Waals surface area contributed by atoms with Crippen molar-refractivity contribution in [2.75, 3.05) is 0 Å². The molecule has 0 heterocycles. The second-order valence-electron chi connectivity index (χ2n) is 0.256. The van der Waals surface area contributed by atoms with Gasteiger partial charge in [-0.05, 0) is 0 Å². The largest absolute Gasteiger partial charge is 0.300 e. The smallest absolute Gasteiger partial charge is 0.100 e. The fourth-order valence-corrected chi connectivity index (χ4v) is 0. The molecule has 2 nitrogen and oxygen atoms in total. The summed E-state index contributed by atoms with van der Waals surface area (Å²) in [6.45, 7) is 0. The van der Waals surface area contributed by atoms with Crippen LogP contribution in [0.15, 0.2) is 0 Å². The fourth-order valence-electron chi connectivity index (χ4n) is 0. The molecule has 0 aliphatic carbocycles. The van der Waals surface area contributed by atoms with Gasteiger partial charge in [0.2, 0.25) is 0 Å². The van der Waals surface area contributed by atoms with E-state index in [9.17, 15) is 0 Å². The van der Waals surface area contributed by atoms with Crippen molar-refractivity contribution in [3.63, 3.8) is 0 Å². The molecule has 0 fully saturated rings. The van der Waals surface area contributed by atoms with E-state index in [4.69, 9.17) is 10.8 Å². The van der Waals surface area contributed by atoms with Crippen LogP contribution in [-0.4, -0.2) is 0 Å². The van der Waals surface area contributed by atoms with E-state index in [0.29, 0.717) is 0 Å². The summed E-state index contributed by atoms with van der Waals surface area (Å²) in [4.78, 5) is 0. The lowest BCUT2D eigenvalue weighted by atomic mass is 11.8.